The van der Waals surface area contributed by atoms with E-state index in [9.17, 15) is 4.79 Å². The zero-order valence-corrected chi connectivity index (χ0v) is 12.9. The van der Waals surface area contributed by atoms with E-state index in [4.69, 9.17) is 0 Å². The molecule has 22 heavy (non-hydrogen) atoms. The normalized spacial score (nSPS) is 18.7. The predicted octanol–water partition coefficient (Wildman–Crippen LogP) is 0.423. The molecule has 0 radical (unpaired) electrons. The molecule has 3 heterocycles. The number of aromatic nitrogens is 5. The van der Waals surface area contributed by atoms with Gasteiger partial charge in [0.15, 0.2) is 0 Å². The third-order valence-electron chi connectivity index (χ3n) is 3.98. The second kappa shape index (κ2) is 6.27. The first kappa shape index (κ1) is 14.7. The lowest BCUT2D eigenvalue weighted by atomic mass is 10.2. The first-order valence-corrected chi connectivity index (χ1v) is 7.49. The van der Waals surface area contributed by atoms with Crippen molar-refractivity contribution in [2.45, 2.75) is 32.4 Å². The molecule has 0 spiro atoms. The van der Waals surface area contributed by atoms with Crippen LogP contribution in [0.1, 0.15) is 18.5 Å². The average molecular weight is 303 g/mol. The summed E-state index contributed by atoms with van der Waals surface area (Å²) >= 11 is 0. The molecule has 1 aliphatic heterocycles. The van der Waals surface area contributed by atoms with Crippen molar-refractivity contribution in [2.75, 3.05) is 18.4 Å². The zero-order chi connectivity index (χ0) is 15.5. The first-order chi connectivity index (χ1) is 10.6. The monoisotopic (exact) mass is 303 g/mol. The maximum absolute atomic E-state index is 12.2. The quantitative estimate of drug-likeness (QED) is 0.866. The molecule has 0 aliphatic carbocycles. The van der Waals surface area contributed by atoms with Crippen LogP contribution in [-0.2, 0) is 18.4 Å². The van der Waals surface area contributed by atoms with Gasteiger partial charge in [-0.15, -0.1) is 0 Å². The van der Waals surface area contributed by atoms with Crippen LogP contribution in [-0.4, -0.2) is 54.5 Å². The van der Waals surface area contributed by atoms with Gasteiger partial charge in [-0.1, -0.05) is 0 Å². The Kier molecular flexibility index (Phi) is 4.19. The van der Waals surface area contributed by atoms with E-state index in [1.165, 1.54) is 6.33 Å². The number of aryl methyl sites for hydroxylation is 2. The fourth-order valence-electron chi connectivity index (χ4n) is 2.95. The molecule has 2 aromatic rings. The predicted molar refractivity (Wildman–Crippen MR) is 81.2 cm³/mol. The summed E-state index contributed by atoms with van der Waals surface area (Å²) in [5, 5.41) is 11.3. The highest BCUT2D eigenvalue weighted by atomic mass is 16.2. The maximum Gasteiger partial charge on any atom is 0.239 e. The van der Waals surface area contributed by atoms with Gasteiger partial charge in [0.1, 0.15) is 18.5 Å². The van der Waals surface area contributed by atoms with Crippen molar-refractivity contribution in [3.05, 3.63) is 24.4 Å². The number of nitrogens with one attached hydrogen (secondary N) is 1. The van der Waals surface area contributed by atoms with Gasteiger partial charge in [0.25, 0.3) is 0 Å². The fourth-order valence-corrected chi connectivity index (χ4v) is 2.95. The number of amides is 1. The van der Waals surface area contributed by atoms with Crippen LogP contribution in [0.3, 0.4) is 0 Å². The summed E-state index contributed by atoms with van der Waals surface area (Å²) in [6, 6.07) is 2.20. The number of likely N-dealkylation sites (tertiary alicyclic amines) is 1. The minimum absolute atomic E-state index is 0.00603. The maximum atomic E-state index is 12.2. The standard InChI is InChI=1S/C14H21N7O/c1-11-6-13(19(2)18-11)17-14(22)8-20-5-3-4-12(20)7-21-10-15-9-16-21/h6,9-10,12H,3-5,7-8H2,1-2H3,(H,17,22)/t12-/m0/s1. The van der Waals surface area contributed by atoms with Crippen LogP contribution in [0.5, 0.6) is 0 Å². The van der Waals surface area contributed by atoms with Crippen molar-refractivity contribution in [1.82, 2.24) is 29.4 Å². The lowest BCUT2D eigenvalue weighted by Crippen LogP contribution is -2.39. The molecule has 1 N–H and O–H groups in total. The van der Waals surface area contributed by atoms with Crippen molar-refractivity contribution in [3.8, 4) is 0 Å². The molecule has 8 heteroatoms. The number of hydrogen-bond acceptors (Lipinski definition) is 5. The Balaban J connectivity index is 1.57. The summed E-state index contributed by atoms with van der Waals surface area (Å²) in [7, 11) is 1.83. The Morgan fingerprint density at radius 3 is 3.05 bits per heavy atom. The smallest absolute Gasteiger partial charge is 0.239 e. The molecule has 0 aromatic carbocycles. The van der Waals surface area contributed by atoms with Gasteiger partial charge in [-0.05, 0) is 26.3 Å². The van der Waals surface area contributed by atoms with E-state index in [2.05, 4.69) is 25.4 Å². The molecule has 0 saturated carbocycles. The minimum Gasteiger partial charge on any atom is -0.310 e. The van der Waals surface area contributed by atoms with Crippen LogP contribution in [0.25, 0.3) is 0 Å². The van der Waals surface area contributed by atoms with Gasteiger partial charge in [-0.25, -0.2) is 4.98 Å². The molecule has 2 aromatic heterocycles. The Bertz CT molecular complexity index is 634. The van der Waals surface area contributed by atoms with Gasteiger partial charge in [-0.3, -0.25) is 19.1 Å². The Hall–Kier alpha value is -2.22. The topological polar surface area (TPSA) is 80.9 Å². The highest BCUT2D eigenvalue weighted by Gasteiger charge is 2.27. The van der Waals surface area contributed by atoms with Crippen LogP contribution in [0.2, 0.25) is 0 Å². The van der Waals surface area contributed by atoms with Gasteiger partial charge in [0.05, 0.1) is 18.8 Å². The molecular weight excluding hydrogens is 282 g/mol. The molecule has 8 nitrogen and oxygen atoms in total. The lowest BCUT2D eigenvalue weighted by Gasteiger charge is -2.23. The summed E-state index contributed by atoms with van der Waals surface area (Å²) in [6.45, 7) is 4.02. The highest BCUT2D eigenvalue weighted by molar-refractivity contribution is 5.91. The largest absolute Gasteiger partial charge is 0.310 e. The van der Waals surface area contributed by atoms with E-state index in [1.807, 2.05) is 24.7 Å². The van der Waals surface area contributed by atoms with Crippen LogP contribution in [0.15, 0.2) is 18.7 Å². The number of carbonyl (C=O) groups excluding carboxylic acids is 1. The van der Waals surface area contributed by atoms with E-state index in [0.717, 1.165) is 37.4 Å². The molecule has 1 atom stereocenters. The van der Waals surface area contributed by atoms with Gasteiger partial charge in [-0.2, -0.15) is 10.2 Å². The molecule has 118 valence electrons. The summed E-state index contributed by atoms with van der Waals surface area (Å²) in [5.41, 5.74) is 0.892. The summed E-state index contributed by atoms with van der Waals surface area (Å²) < 4.78 is 3.51. The summed E-state index contributed by atoms with van der Waals surface area (Å²) in [6.07, 6.45) is 5.45. The van der Waals surface area contributed by atoms with Crippen molar-refractivity contribution in [3.63, 3.8) is 0 Å². The van der Waals surface area contributed by atoms with E-state index in [1.54, 1.807) is 11.0 Å². The second-order valence-corrected chi connectivity index (χ2v) is 5.73. The number of nitrogens with zero attached hydrogens (tertiary/aromatic N) is 6. The third kappa shape index (κ3) is 3.33. The first-order valence-electron chi connectivity index (χ1n) is 7.49. The molecule has 1 saturated heterocycles. The Morgan fingerprint density at radius 2 is 2.36 bits per heavy atom. The van der Waals surface area contributed by atoms with Gasteiger partial charge in [0.2, 0.25) is 5.91 Å². The van der Waals surface area contributed by atoms with E-state index in [0.29, 0.717) is 12.6 Å². The van der Waals surface area contributed by atoms with E-state index < -0.39 is 0 Å². The van der Waals surface area contributed by atoms with Gasteiger partial charge >= 0.3 is 0 Å². The van der Waals surface area contributed by atoms with Crippen molar-refractivity contribution in [2.24, 2.45) is 7.05 Å². The third-order valence-corrected chi connectivity index (χ3v) is 3.98. The molecule has 1 aliphatic rings. The van der Waals surface area contributed by atoms with Crippen molar-refractivity contribution < 1.29 is 4.79 Å². The lowest BCUT2D eigenvalue weighted by molar-refractivity contribution is -0.117. The van der Waals surface area contributed by atoms with Crippen molar-refractivity contribution in [1.29, 1.82) is 0 Å². The number of hydrogen-bond donors (Lipinski definition) is 1. The van der Waals surface area contributed by atoms with Crippen LogP contribution < -0.4 is 5.32 Å². The Morgan fingerprint density at radius 1 is 1.50 bits per heavy atom. The molecule has 1 amide bonds. The molecule has 1 fully saturated rings. The zero-order valence-electron chi connectivity index (χ0n) is 12.9. The van der Waals surface area contributed by atoms with Gasteiger partial charge < -0.3 is 5.32 Å². The number of anilines is 1. The summed E-state index contributed by atoms with van der Waals surface area (Å²) in [5.74, 6) is 0.725. The van der Waals surface area contributed by atoms with Crippen molar-refractivity contribution >= 4 is 11.7 Å². The molecule has 0 unspecified atom stereocenters. The second-order valence-electron chi connectivity index (χ2n) is 5.73. The summed E-state index contributed by atoms with van der Waals surface area (Å²) in [4.78, 5) is 18.4. The fraction of sp³-hybridized carbons (Fsp3) is 0.571. The highest BCUT2D eigenvalue weighted by Crippen LogP contribution is 2.18. The Labute approximate surface area is 129 Å². The SMILES string of the molecule is Cc1cc(NC(=O)CN2CCC[C@H]2Cn2cncn2)n(C)n1. The molecular formula is C14H21N7O. The average Bonchev–Trinajstić information content (AvgIpc) is 3.16. The number of rotatable bonds is 5. The van der Waals surface area contributed by atoms with Crippen LogP contribution >= 0.6 is 0 Å². The van der Waals surface area contributed by atoms with E-state index in [-0.39, 0.29) is 5.91 Å². The van der Waals surface area contributed by atoms with Crippen LogP contribution in [0, 0.1) is 6.92 Å². The molecule has 3 rings (SSSR count). The molecule has 0 bridgehead atoms. The number of carbonyl (C=O) groups is 1. The van der Waals surface area contributed by atoms with E-state index >= 15 is 0 Å². The van der Waals surface area contributed by atoms with Crippen LogP contribution in [0.4, 0.5) is 5.82 Å². The van der Waals surface area contributed by atoms with Gasteiger partial charge in [0, 0.05) is 19.2 Å². The minimum atomic E-state index is -0.00603.